The highest BCUT2D eigenvalue weighted by molar-refractivity contribution is 5.63. The zero-order valence-electron chi connectivity index (χ0n) is 12.9. The van der Waals surface area contributed by atoms with E-state index in [0.717, 1.165) is 11.1 Å². The minimum Gasteiger partial charge on any atom is -0.396 e. The van der Waals surface area contributed by atoms with E-state index in [1.165, 1.54) is 5.56 Å². The zero-order valence-corrected chi connectivity index (χ0v) is 12.9. The van der Waals surface area contributed by atoms with E-state index in [1.54, 1.807) is 0 Å². The van der Waals surface area contributed by atoms with Gasteiger partial charge in [-0.3, -0.25) is 0 Å². The molecule has 22 heavy (non-hydrogen) atoms. The second-order valence-corrected chi connectivity index (χ2v) is 5.68. The largest absolute Gasteiger partial charge is 0.396 e. The van der Waals surface area contributed by atoms with Crippen LogP contribution >= 0.6 is 0 Å². The number of rotatable bonds is 8. The molecule has 116 valence electrons. The Labute approximate surface area is 132 Å². The Morgan fingerprint density at radius 2 is 1.55 bits per heavy atom. The van der Waals surface area contributed by atoms with Crippen LogP contribution in [0.15, 0.2) is 67.2 Å². The lowest BCUT2D eigenvalue weighted by atomic mass is 9.88. The number of hydrogen-bond acceptors (Lipinski definition) is 2. The van der Waals surface area contributed by atoms with Crippen molar-refractivity contribution in [1.82, 2.24) is 0 Å². The summed E-state index contributed by atoms with van der Waals surface area (Å²) in [6.07, 6.45) is 1.40. The van der Waals surface area contributed by atoms with E-state index in [1.807, 2.05) is 48.5 Å². The van der Waals surface area contributed by atoms with Gasteiger partial charge in [-0.15, -0.1) is 0 Å². The van der Waals surface area contributed by atoms with Gasteiger partial charge in [0.2, 0.25) is 0 Å². The van der Waals surface area contributed by atoms with Crippen molar-refractivity contribution >= 4 is 5.57 Å². The van der Waals surface area contributed by atoms with Crippen LogP contribution < -0.4 is 0 Å². The molecule has 2 aromatic rings. The van der Waals surface area contributed by atoms with Gasteiger partial charge < -0.3 is 10.2 Å². The summed E-state index contributed by atoms with van der Waals surface area (Å²) in [5.41, 5.74) is 3.19. The van der Waals surface area contributed by atoms with Crippen LogP contribution in [0.5, 0.6) is 0 Å². The molecular formula is C20H24O2. The van der Waals surface area contributed by atoms with Crippen LogP contribution in [0.4, 0.5) is 0 Å². The van der Waals surface area contributed by atoms with E-state index in [2.05, 4.69) is 18.7 Å². The van der Waals surface area contributed by atoms with Crippen LogP contribution in [0.2, 0.25) is 0 Å². The highest BCUT2D eigenvalue weighted by Crippen LogP contribution is 2.28. The van der Waals surface area contributed by atoms with Gasteiger partial charge in [-0.2, -0.15) is 0 Å². The molecule has 2 nitrogen and oxygen atoms in total. The third-order valence-corrected chi connectivity index (χ3v) is 3.97. The molecule has 0 fully saturated rings. The zero-order chi connectivity index (χ0) is 15.8. The molecule has 2 heteroatoms. The van der Waals surface area contributed by atoms with E-state index < -0.39 is 6.10 Å². The molecule has 0 aromatic heterocycles. The molecule has 0 heterocycles. The van der Waals surface area contributed by atoms with Gasteiger partial charge in [0, 0.05) is 6.61 Å². The molecule has 2 aromatic carbocycles. The Morgan fingerprint density at radius 3 is 2.14 bits per heavy atom. The van der Waals surface area contributed by atoms with Crippen LogP contribution in [-0.4, -0.2) is 22.9 Å². The second-order valence-electron chi connectivity index (χ2n) is 5.68. The van der Waals surface area contributed by atoms with Gasteiger partial charge in [-0.25, -0.2) is 0 Å². The van der Waals surface area contributed by atoms with E-state index in [0.29, 0.717) is 19.3 Å². The molecule has 0 bridgehead atoms. The van der Waals surface area contributed by atoms with Gasteiger partial charge in [0.15, 0.2) is 0 Å². The highest BCUT2D eigenvalue weighted by atomic mass is 16.3. The molecule has 0 spiro atoms. The maximum absolute atomic E-state index is 10.4. The van der Waals surface area contributed by atoms with Crippen molar-refractivity contribution in [3.63, 3.8) is 0 Å². The maximum Gasteiger partial charge on any atom is 0.0586 e. The Hall–Kier alpha value is -1.90. The van der Waals surface area contributed by atoms with Crippen LogP contribution in [-0.2, 0) is 0 Å². The van der Waals surface area contributed by atoms with Gasteiger partial charge in [-0.05, 0) is 41.9 Å². The smallest absolute Gasteiger partial charge is 0.0586 e. The van der Waals surface area contributed by atoms with Gasteiger partial charge in [0.25, 0.3) is 0 Å². The van der Waals surface area contributed by atoms with Crippen molar-refractivity contribution in [3.8, 4) is 0 Å². The third kappa shape index (κ3) is 4.83. The lowest BCUT2D eigenvalue weighted by Crippen LogP contribution is -2.14. The molecule has 0 amide bonds. The average Bonchev–Trinajstić information content (AvgIpc) is 2.56. The highest BCUT2D eigenvalue weighted by Gasteiger charge is 2.17. The second kappa shape index (κ2) is 8.52. The molecular weight excluding hydrogens is 272 g/mol. The lowest BCUT2D eigenvalue weighted by Gasteiger charge is -2.21. The first-order valence-corrected chi connectivity index (χ1v) is 7.77. The minimum atomic E-state index is -0.454. The molecule has 0 aliphatic carbocycles. The fraction of sp³-hybridized carbons (Fsp3) is 0.300. The van der Waals surface area contributed by atoms with Crippen LogP contribution in [0.1, 0.15) is 36.3 Å². The number of aliphatic hydroxyl groups excluding tert-OH is 2. The van der Waals surface area contributed by atoms with E-state index >= 15 is 0 Å². The van der Waals surface area contributed by atoms with Crippen LogP contribution in [0.25, 0.3) is 5.57 Å². The Balaban J connectivity index is 1.97. The number of aliphatic hydroxyl groups is 2. The fourth-order valence-electron chi connectivity index (χ4n) is 2.79. The standard InChI is InChI=1S/C20H24O2/c1-16(17-8-4-2-5-9-17)14-20(22)15-19(12-13-21)18-10-6-3-7-11-18/h2-11,19-22H,1,12-15H2/t19-,20-/m1/s1. The van der Waals surface area contributed by atoms with Gasteiger partial charge in [0.05, 0.1) is 6.10 Å². The molecule has 2 N–H and O–H groups in total. The Morgan fingerprint density at radius 1 is 0.955 bits per heavy atom. The molecule has 0 radical (unpaired) electrons. The summed E-state index contributed by atoms with van der Waals surface area (Å²) in [6, 6.07) is 20.0. The van der Waals surface area contributed by atoms with E-state index in [9.17, 15) is 10.2 Å². The summed E-state index contributed by atoms with van der Waals surface area (Å²) in [4.78, 5) is 0. The number of hydrogen-bond donors (Lipinski definition) is 2. The van der Waals surface area contributed by atoms with Gasteiger partial charge >= 0.3 is 0 Å². The summed E-state index contributed by atoms with van der Waals surface area (Å²) >= 11 is 0. The first kappa shape index (κ1) is 16.5. The van der Waals surface area contributed by atoms with Crippen LogP contribution in [0.3, 0.4) is 0 Å². The Kier molecular flexibility index (Phi) is 6.38. The number of benzene rings is 2. The molecule has 2 atom stereocenters. The summed E-state index contributed by atoms with van der Waals surface area (Å²) < 4.78 is 0. The minimum absolute atomic E-state index is 0.131. The maximum atomic E-state index is 10.4. The molecule has 2 rings (SSSR count). The average molecular weight is 296 g/mol. The predicted molar refractivity (Wildman–Crippen MR) is 91.6 cm³/mol. The lowest BCUT2D eigenvalue weighted by molar-refractivity contribution is 0.153. The summed E-state index contributed by atoms with van der Waals surface area (Å²) in [5.74, 6) is 0.171. The summed E-state index contributed by atoms with van der Waals surface area (Å²) in [5, 5.41) is 19.7. The van der Waals surface area contributed by atoms with Crippen molar-refractivity contribution in [3.05, 3.63) is 78.4 Å². The summed E-state index contributed by atoms with van der Waals surface area (Å²) in [6.45, 7) is 4.21. The van der Waals surface area contributed by atoms with E-state index in [4.69, 9.17) is 0 Å². The van der Waals surface area contributed by atoms with Gasteiger partial charge in [-0.1, -0.05) is 67.2 Å². The van der Waals surface area contributed by atoms with Crippen LogP contribution in [0, 0.1) is 0 Å². The SMILES string of the molecule is C=C(C[C@@H](O)C[C@@H](CCO)c1ccccc1)c1ccccc1. The normalized spacial score (nSPS) is 13.5. The first-order valence-electron chi connectivity index (χ1n) is 7.77. The molecule has 0 aliphatic heterocycles. The van der Waals surface area contributed by atoms with Crippen molar-refractivity contribution in [2.75, 3.05) is 6.61 Å². The molecule has 0 saturated heterocycles. The Bertz CT molecular complexity index is 563. The van der Waals surface area contributed by atoms with Crippen molar-refractivity contribution in [2.45, 2.75) is 31.3 Å². The van der Waals surface area contributed by atoms with Gasteiger partial charge in [0.1, 0.15) is 0 Å². The topological polar surface area (TPSA) is 40.5 Å². The van der Waals surface area contributed by atoms with Crippen molar-refractivity contribution < 1.29 is 10.2 Å². The summed E-state index contributed by atoms with van der Waals surface area (Å²) in [7, 11) is 0. The molecule has 0 aliphatic rings. The molecule has 0 saturated carbocycles. The first-order chi connectivity index (χ1) is 10.7. The monoisotopic (exact) mass is 296 g/mol. The quantitative estimate of drug-likeness (QED) is 0.773. The third-order valence-electron chi connectivity index (χ3n) is 3.97. The predicted octanol–water partition coefficient (Wildman–Crippen LogP) is 4.01. The fourth-order valence-corrected chi connectivity index (χ4v) is 2.79. The molecule has 0 unspecified atom stereocenters. The van der Waals surface area contributed by atoms with Crippen molar-refractivity contribution in [1.29, 1.82) is 0 Å². The van der Waals surface area contributed by atoms with E-state index in [-0.39, 0.29) is 12.5 Å². The van der Waals surface area contributed by atoms with Crippen molar-refractivity contribution in [2.24, 2.45) is 0 Å².